The molecule has 9 heteroatoms. The summed E-state index contributed by atoms with van der Waals surface area (Å²) in [6, 6.07) is 5.56. The third-order valence-electron chi connectivity index (χ3n) is 2.55. The molecule has 0 aromatic heterocycles. The van der Waals surface area contributed by atoms with Crippen LogP contribution in [-0.2, 0) is 10.0 Å². The summed E-state index contributed by atoms with van der Waals surface area (Å²) in [7, 11) is -4.28. The molecule has 0 spiro atoms. The van der Waals surface area contributed by atoms with E-state index in [1.165, 1.54) is 12.1 Å². The van der Waals surface area contributed by atoms with Crippen LogP contribution in [0, 0.1) is 11.6 Å². The molecule has 112 valence electrons. The molecule has 0 unspecified atom stereocenters. The fourth-order valence-corrected chi connectivity index (χ4v) is 3.39. The van der Waals surface area contributed by atoms with Crippen LogP contribution < -0.4 is 10.5 Å². The van der Waals surface area contributed by atoms with Gasteiger partial charge in [-0.3, -0.25) is 4.72 Å². The maximum Gasteiger partial charge on any atom is 0.263 e. The molecule has 0 amide bonds. The van der Waals surface area contributed by atoms with Gasteiger partial charge in [-0.2, -0.15) is 0 Å². The minimum Gasteiger partial charge on any atom is -0.397 e. The average molecular weight is 353 g/mol. The fourth-order valence-electron chi connectivity index (χ4n) is 1.54. The molecule has 0 radical (unpaired) electrons. The van der Waals surface area contributed by atoms with Crippen molar-refractivity contribution in [2.75, 3.05) is 10.5 Å². The lowest BCUT2D eigenvalue weighted by Crippen LogP contribution is -2.16. The Labute approximate surface area is 129 Å². The standard InChI is InChI=1S/C12H8Cl2F2N2O2S/c13-6-1-2-7(14)10(5-6)21(19,20)18-12-9(17)4-3-8(15)11(12)16/h1-5,18H,17H2. The number of halogens is 4. The maximum absolute atomic E-state index is 13.6. The summed E-state index contributed by atoms with van der Waals surface area (Å²) >= 11 is 11.5. The second-order valence-corrected chi connectivity index (χ2v) is 6.50. The van der Waals surface area contributed by atoms with E-state index in [4.69, 9.17) is 28.9 Å². The predicted molar refractivity (Wildman–Crippen MR) is 78.0 cm³/mol. The molecular formula is C12H8Cl2F2N2O2S. The van der Waals surface area contributed by atoms with E-state index < -0.39 is 27.3 Å². The van der Waals surface area contributed by atoms with Crippen LogP contribution in [0.4, 0.5) is 20.2 Å². The van der Waals surface area contributed by atoms with Gasteiger partial charge in [-0.25, -0.2) is 17.2 Å². The van der Waals surface area contributed by atoms with Crippen LogP contribution in [0.1, 0.15) is 0 Å². The van der Waals surface area contributed by atoms with Gasteiger partial charge in [-0.05, 0) is 30.3 Å². The van der Waals surface area contributed by atoms with Crippen molar-refractivity contribution >= 4 is 44.6 Å². The number of benzene rings is 2. The fraction of sp³-hybridized carbons (Fsp3) is 0. The summed E-state index contributed by atoms with van der Waals surface area (Å²) in [5.74, 6) is -2.64. The molecular weight excluding hydrogens is 345 g/mol. The zero-order chi connectivity index (χ0) is 15.8. The normalized spacial score (nSPS) is 11.4. The van der Waals surface area contributed by atoms with E-state index in [1.807, 2.05) is 4.72 Å². The number of nitrogens with two attached hydrogens (primary N) is 1. The highest BCUT2D eigenvalue weighted by molar-refractivity contribution is 7.92. The molecule has 2 aromatic rings. The SMILES string of the molecule is Nc1ccc(F)c(F)c1NS(=O)(=O)c1cc(Cl)ccc1Cl. The number of rotatable bonds is 3. The molecule has 0 aliphatic heterocycles. The Morgan fingerprint density at radius 2 is 1.76 bits per heavy atom. The number of sulfonamides is 1. The Bertz CT molecular complexity index is 813. The van der Waals surface area contributed by atoms with Gasteiger partial charge in [0.1, 0.15) is 10.6 Å². The van der Waals surface area contributed by atoms with Crippen molar-refractivity contribution in [2.45, 2.75) is 4.90 Å². The zero-order valence-electron chi connectivity index (χ0n) is 10.2. The van der Waals surface area contributed by atoms with Gasteiger partial charge in [0.25, 0.3) is 10.0 Å². The van der Waals surface area contributed by atoms with E-state index in [0.29, 0.717) is 0 Å². The molecule has 0 saturated heterocycles. The van der Waals surface area contributed by atoms with Crippen LogP contribution in [0.2, 0.25) is 10.0 Å². The molecule has 2 aromatic carbocycles. The molecule has 0 bridgehead atoms. The highest BCUT2D eigenvalue weighted by Gasteiger charge is 2.22. The maximum atomic E-state index is 13.6. The quantitative estimate of drug-likeness (QED) is 0.828. The Balaban J connectivity index is 2.53. The first kappa shape index (κ1) is 15.8. The van der Waals surface area contributed by atoms with Gasteiger partial charge in [-0.1, -0.05) is 23.2 Å². The van der Waals surface area contributed by atoms with E-state index in [2.05, 4.69) is 0 Å². The summed E-state index contributed by atoms with van der Waals surface area (Å²) in [4.78, 5) is -0.375. The molecule has 0 fully saturated rings. The van der Waals surface area contributed by atoms with E-state index in [1.54, 1.807) is 0 Å². The smallest absolute Gasteiger partial charge is 0.263 e. The second-order valence-electron chi connectivity index (χ2n) is 4.01. The van der Waals surface area contributed by atoms with Crippen molar-refractivity contribution in [1.29, 1.82) is 0 Å². The topological polar surface area (TPSA) is 72.2 Å². The van der Waals surface area contributed by atoms with Gasteiger partial charge in [0.15, 0.2) is 11.6 Å². The number of hydrogen-bond donors (Lipinski definition) is 2. The molecule has 0 saturated carbocycles. The van der Waals surface area contributed by atoms with Gasteiger partial charge in [-0.15, -0.1) is 0 Å². The van der Waals surface area contributed by atoms with Gasteiger partial charge in [0.2, 0.25) is 0 Å². The predicted octanol–water partition coefficient (Wildman–Crippen LogP) is 3.65. The van der Waals surface area contributed by atoms with Crippen molar-refractivity contribution in [2.24, 2.45) is 0 Å². The molecule has 0 heterocycles. The minimum absolute atomic E-state index is 0.118. The summed E-state index contributed by atoms with van der Waals surface area (Å²) in [6.45, 7) is 0. The first-order valence-corrected chi connectivity index (χ1v) is 7.67. The first-order valence-electron chi connectivity index (χ1n) is 5.43. The summed E-state index contributed by atoms with van der Waals surface area (Å²) in [6.07, 6.45) is 0. The lowest BCUT2D eigenvalue weighted by Gasteiger charge is -2.12. The van der Waals surface area contributed by atoms with E-state index >= 15 is 0 Å². The van der Waals surface area contributed by atoms with Crippen LogP contribution in [0.15, 0.2) is 35.2 Å². The van der Waals surface area contributed by atoms with Crippen molar-refractivity contribution in [3.05, 3.63) is 52.0 Å². The summed E-state index contributed by atoms with van der Waals surface area (Å²) in [5.41, 5.74) is 4.49. The molecule has 0 atom stereocenters. The Kier molecular flexibility index (Phi) is 4.27. The van der Waals surface area contributed by atoms with Gasteiger partial charge in [0, 0.05) is 5.02 Å². The molecule has 3 N–H and O–H groups in total. The van der Waals surface area contributed by atoms with Crippen LogP contribution in [-0.4, -0.2) is 8.42 Å². The average Bonchev–Trinajstić information content (AvgIpc) is 2.42. The molecule has 2 rings (SSSR count). The Morgan fingerprint density at radius 3 is 2.43 bits per heavy atom. The van der Waals surface area contributed by atoms with Gasteiger partial charge in [0.05, 0.1) is 10.7 Å². The summed E-state index contributed by atoms with van der Waals surface area (Å²) < 4.78 is 53.1. The summed E-state index contributed by atoms with van der Waals surface area (Å²) in [5, 5.41) is -0.00487. The van der Waals surface area contributed by atoms with E-state index in [0.717, 1.165) is 18.2 Å². The van der Waals surface area contributed by atoms with Gasteiger partial charge >= 0.3 is 0 Å². The number of anilines is 2. The third-order valence-corrected chi connectivity index (χ3v) is 4.61. The third kappa shape index (κ3) is 3.20. The lowest BCUT2D eigenvalue weighted by molar-refractivity contribution is 0.512. The van der Waals surface area contributed by atoms with Crippen molar-refractivity contribution < 1.29 is 17.2 Å². The molecule has 0 aliphatic rings. The minimum atomic E-state index is -4.28. The van der Waals surface area contributed by atoms with Crippen molar-refractivity contribution in [1.82, 2.24) is 0 Å². The van der Waals surface area contributed by atoms with Crippen LogP contribution in [0.3, 0.4) is 0 Å². The molecule has 4 nitrogen and oxygen atoms in total. The van der Waals surface area contributed by atoms with Crippen LogP contribution >= 0.6 is 23.2 Å². The Hall–Kier alpha value is -1.57. The van der Waals surface area contributed by atoms with Gasteiger partial charge < -0.3 is 5.73 Å². The van der Waals surface area contributed by atoms with Crippen molar-refractivity contribution in [3.8, 4) is 0 Å². The van der Waals surface area contributed by atoms with E-state index in [9.17, 15) is 17.2 Å². The molecule has 21 heavy (non-hydrogen) atoms. The Morgan fingerprint density at radius 1 is 1.10 bits per heavy atom. The highest BCUT2D eigenvalue weighted by atomic mass is 35.5. The number of nitrogen functional groups attached to an aromatic ring is 1. The lowest BCUT2D eigenvalue weighted by atomic mass is 10.2. The number of nitrogens with one attached hydrogen (secondary N) is 1. The van der Waals surface area contributed by atoms with Crippen LogP contribution in [0.5, 0.6) is 0 Å². The number of hydrogen-bond acceptors (Lipinski definition) is 3. The first-order chi connectivity index (χ1) is 9.72. The largest absolute Gasteiger partial charge is 0.397 e. The highest BCUT2D eigenvalue weighted by Crippen LogP contribution is 2.30. The van der Waals surface area contributed by atoms with Crippen LogP contribution in [0.25, 0.3) is 0 Å². The van der Waals surface area contributed by atoms with Crippen molar-refractivity contribution in [3.63, 3.8) is 0 Å². The molecule has 0 aliphatic carbocycles. The monoisotopic (exact) mass is 352 g/mol. The zero-order valence-corrected chi connectivity index (χ0v) is 12.5. The second kappa shape index (κ2) is 5.67. The van der Waals surface area contributed by atoms with E-state index in [-0.39, 0.29) is 20.6 Å².